The molecule has 2 N–H and O–H groups in total. The molecule has 0 heterocycles. The van der Waals surface area contributed by atoms with E-state index in [-0.39, 0.29) is 12.0 Å². The zero-order chi connectivity index (χ0) is 15.8. The number of hydrogen-bond acceptors (Lipinski definition) is 4. The molecule has 0 radical (unpaired) electrons. The second kappa shape index (κ2) is 8.63. The molecule has 1 aliphatic rings. The van der Waals surface area contributed by atoms with Crippen LogP contribution in [0.4, 0.5) is 0 Å². The van der Waals surface area contributed by atoms with Gasteiger partial charge in [0.1, 0.15) is 11.5 Å². The maximum atomic E-state index is 11.7. The van der Waals surface area contributed by atoms with Gasteiger partial charge < -0.3 is 20.1 Å². The quantitative estimate of drug-likeness (QED) is 0.773. The number of amides is 1. The summed E-state index contributed by atoms with van der Waals surface area (Å²) in [5.41, 5.74) is 0.991. The first-order valence-corrected chi connectivity index (χ1v) is 7.98. The summed E-state index contributed by atoms with van der Waals surface area (Å²) in [6, 6.07) is 5.77. The van der Waals surface area contributed by atoms with Gasteiger partial charge in [0.2, 0.25) is 5.91 Å². The largest absolute Gasteiger partial charge is 0.497 e. The van der Waals surface area contributed by atoms with E-state index in [0.29, 0.717) is 19.5 Å². The molecular formula is C17H26N2O3. The highest BCUT2D eigenvalue weighted by atomic mass is 16.5. The summed E-state index contributed by atoms with van der Waals surface area (Å²) in [5, 5.41) is 5.91. The van der Waals surface area contributed by atoms with Crippen LogP contribution in [-0.4, -0.2) is 32.7 Å². The van der Waals surface area contributed by atoms with E-state index in [4.69, 9.17) is 9.47 Å². The standard InChI is InChI=1S/C17H26N2O3/c1-18-10-9-17(20)19-12-13-7-8-15(21-2)11-16(13)22-14-5-3-4-6-14/h7-8,11,14,18H,3-6,9-10,12H2,1-2H3,(H,19,20). The topological polar surface area (TPSA) is 59.6 Å². The molecule has 0 saturated heterocycles. The van der Waals surface area contributed by atoms with Crippen molar-refractivity contribution in [2.24, 2.45) is 0 Å². The monoisotopic (exact) mass is 306 g/mol. The van der Waals surface area contributed by atoms with Crippen molar-refractivity contribution in [2.75, 3.05) is 20.7 Å². The van der Waals surface area contributed by atoms with Crippen molar-refractivity contribution >= 4 is 5.91 Å². The van der Waals surface area contributed by atoms with Crippen molar-refractivity contribution in [2.45, 2.75) is 44.8 Å². The lowest BCUT2D eigenvalue weighted by Crippen LogP contribution is -2.26. The smallest absolute Gasteiger partial charge is 0.221 e. The van der Waals surface area contributed by atoms with Gasteiger partial charge in [0.05, 0.1) is 13.2 Å². The van der Waals surface area contributed by atoms with Crippen molar-refractivity contribution in [3.8, 4) is 11.5 Å². The first-order valence-electron chi connectivity index (χ1n) is 7.98. The van der Waals surface area contributed by atoms with Crippen LogP contribution in [-0.2, 0) is 11.3 Å². The fourth-order valence-electron chi connectivity index (χ4n) is 2.62. The lowest BCUT2D eigenvalue weighted by Gasteiger charge is -2.18. The van der Waals surface area contributed by atoms with Gasteiger partial charge in [-0.2, -0.15) is 0 Å². The predicted octanol–water partition coefficient (Wildman–Crippen LogP) is 2.24. The Kier molecular flexibility index (Phi) is 6.52. The number of methoxy groups -OCH3 is 1. The Morgan fingerprint density at radius 3 is 2.77 bits per heavy atom. The van der Waals surface area contributed by atoms with Gasteiger partial charge in [0.25, 0.3) is 0 Å². The summed E-state index contributed by atoms with van der Waals surface area (Å²) < 4.78 is 11.4. The van der Waals surface area contributed by atoms with Gasteiger partial charge in [-0.15, -0.1) is 0 Å². The zero-order valence-electron chi connectivity index (χ0n) is 13.5. The Balaban J connectivity index is 1.99. The van der Waals surface area contributed by atoms with Crippen LogP contribution in [0.25, 0.3) is 0 Å². The molecule has 2 rings (SSSR count). The highest BCUT2D eigenvalue weighted by Gasteiger charge is 2.18. The fourth-order valence-corrected chi connectivity index (χ4v) is 2.62. The molecule has 5 heteroatoms. The predicted molar refractivity (Wildman–Crippen MR) is 86.3 cm³/mol. The molecule has 122 valence electrons. The normalized spacial score (nSPS) is 14.8. The van der Waals surface area contributed by atoms with E-state index in [9.17, 15) is 4.79 Å². The minimum absolute atomic E-state index is 0.0389. The van der Waals surface area contributed by atoms with Crippen molar-refractivity contribution in [1.29, 1.82) is 0 Å². The van der Waals surface area contributed by atoms with Gasteiger partial charge in [0.15, 0.2) is 0 Å². The Morgan fingerprint density at radius 2 is 2.09 bits per heavy atom. The Labute approximate surface area is 132 Å². The molecule has 0 aliphatic heterocycles. The maximum absolute atomic E-state index is 11.7. The lowest BCUT2D eigenvalue weighted by molar-refractivity contribution is -0.121. The average Bonchev–Trinajstić information content (AvgIpc) is 3.04. The van der Waals surface area contributed by atoms with Gasteiger partial charge in [-0.3, -0.25) is 4.79 Å². The minimum atomic E-state index is 0.0389. The van der Waals surface area contributed by atoms with Crippen LogP contribution in [0.5, 0.6) is 11.5 Å². The van der Waals surface area contributed by atoms with Crippen LogP contribution in [0.2, 0.25) is 0 Å². The van der Waals surface area contributed by atoms with Gasteiger partial charge in [0, 0.05) is 31.1 Å². The first kappa shape index (κ1) is 16.6. The Morgan fingerprint density at radius 1 is 1.32 bits per heavy atom. The molecule has 0 bridgehead atoms. The third-order valence-electron chi connectivity index (χ3n) is 3.95. The molecule has 5 nitrogen and oxygen atoms in total. The molecular weight excluding hydrogens is 280 g/mol. The Bertz CT molecular complexity index is 485. The third kappa shape index (κ3) is 4.91. The van der Waals surface area contributed by atoms with E-state index in [1.165, 1.54) is 12.8 Å². The SMILES string of the molecule is CNCCC(=O)NCc1ccc(OC)cc1OC1CCCC1. The minimum Gasteiger partial charge on any atom is -0.497 e. The van der Waals surface area contributed by atoms with Gasteiger partial charge in [-0.25, -0.2) is 0 Å². The van der Waals surface area contributed by atoms with Crippen LogP contribution < -0.4 is 20.1 Å². The molecule has 1 aliphatic carbocycles. The Hall–Kier alpha value is -1.75. The van der Waals surface area contributed by atoms with Crippen molar-refractivity contribution < 1.29 is 14.3 Å². The summed E-state index contributed by atoms with van der Waals surface area (Å²) in [6.45, 7) is 1.16. The van der Waals surface area contributed by atoms with Crippen LogP contribution in [0.3, 0.4) is 0 Å². The number of rotatable bonds is 8. The third-order valence-corrected chi connectivity index (χ3v) is 3.95. The van der Waals surface area contributed by atoms with Crippen LogP contribution in [0.15, 0.2) is 18.2 Å². The molecule has 1 aromatic rings. The van der Waals surface area contributed by atoms with Crippen LogP contribution in [0, 0.1) is 0 Å². The first-order chi connectivity index (χ1) is 10.7. The summed E-state index contributed by atoms with van der Waals surface area (Å²) in [7, 11) is 3.48. The average molecular weight is 306 g/mol. The lowest BCUT2D eigenvalue weighted by atomic mass is 10.1. The molecule has 1 aromatic carbocycles. The number of carbonyl (C=O) groups is 1. The number of hydrogen-bond donors (Lipinski definition) is 2. The fraction of sp³-hybridized carbons (Fsp3) is 0.588. The highest BCUT2D eigenvalue weighted by molar-refractivity contribution is 5.76. The molecule has 0 aromatic heterocycles. The van der Waals surface area contributed by atoms with Crippen molar-refractivity contribution in [1.82, 2.24) is 10.6 Å². The summed E-state index contributed by atoms with van der Waals surface area (Å²) in [6.07, 6.45) is 5.42. The van der Waals surface area contributed by atoms with Crippen LogP contribution in [0.1, 0.15) is 37.7 Å². The number of ether oxygens (including phenoxy) is 2. The van der Waals surface area contributed by atoms with E-state index in [1.807, 2.05) is 25.2 Å². The van der Waals surface area contributed by atoms with Crippen LogP contribution >= 0.6 is 0 Å². The van der Waals surface area contributed by atoms with E-state index in [1.54, 1.807) is 7.11 Å². The van der Waals surface area contributed by atoms with E-state index in [0.717, 1.165) is 29.9 Å². The molecule has 0 unspecified atom stereocenters. The van der Waals surface area contributed by atoms with Gasteiger partial charge in [-0.05, 0) is 44.9 Å². The maximum Gasteiger partial charge on any atom is 0.221 e. The van der Waals surface area contributed by atoms with Crippen molar-refractivity contribution in [3.05, 3.63) is 23.8 Å². The molecule has 22 heavy (non-hydrogen) atoms. The molecule has 0 atom stereocenters. The van der Waals surface area contributed by atoms with E-state index >= 15 is 0 Å². The van der Waals surface area contributed by atoms with E-state index < -0.39 is 0 Å². The number of nitrogens with one attached hydrogen (secondary N) is 2. The van der Waals surface area contributed by atoms with Crippen molar-refractivity contribution in [3.63, 3.8) is 0 Å². The summed E-state index contributed by atoms with van der Waals surface area (Å²) in [4.78, 5) is 11.7. The van der Waals surface area contributed by atoms with E-state index in [2.05, 4.69) is 10.6 Å². The molecule has 0 spiro atoms. The second-order valence-electron chi connectivity index (χ2n) is 5.63. The molecule has 1 saturated carbocycles. The summed E-state index contributed by atoms with van der Waals surface area (Å²) in [5.74, 6) is 1.63. The van der Waals surface area contributed by atoms with Gasteiger partial charge in [-0.1, -0.05) is 0 Å². The number of benzene rings is 1. The molecule has 1 amide bonds. The highest BCUT2D eigenvalue weighted by Crippen LogP contribution is 2.29. The number of carbonyl (C=O) groups excluding carboxylic acids is 1. The second-order valence-corrected chi connectivity index (χ2v) is 5.63. The molecule has 1 fully saturated rings. The zero-order valence-corrected chi connectivity index (χ0v) is 13.5. The van der Waals surface area contributed by atoms with Gasteiger partial charge >= 0.3 is 0 Å². The summed E-state index contributed by atoms with van der Waals surface area (Å²) >= 11 is 0.